The fraction of sp³-hybridized carbons (Fsp3) is 0.778. The molecule has 132 valence electrons. The Morgan fingerprint density at radius 1 is 1.22 bits per heavy atom. The van der Waals surface area contributed by atoms with Gasteiger partial charge in [-0.2, -0.15) is 0 Å². The van der Waals surface area contributed by atoms with Crippen molar-refractivity contribution in [3.05, 3.63) is 17.0 Å². The highest BCUT2D eigenvalue weighted by atomic mass is 16.5. The van der Waals surface area contributed by atoms with Crippen molar-refractivity contribution >= 4 is 5.91 Å². The van der Waals surface area contributed by atoms with Gasteiger partial charge in [-0.05, 0) is 46.2 Å². The molecule has 0 aromatic carbocycles. The molecule has 0 saturated heterocycles. The van der Waals surface area contributed by atoms with Crippen LogP contribution >= 0.6 is 0 Å². The number of carbonyl (C=O) groups excluding carboxylic acids is 1. The van der Waals surface area contributed by atoms with Crippen LogP contribution in [0.2, 0.25) is 0 Å². The lowest BCUT2D eigenvalue weighted by Gasteiger charge is -2.41. The summed E-state index contributed by atoms with van der Waals surface area (Å²) in [6, 6.07) is 0. The second-order valence-corrected chi connectivity index (χ2v) is 6.45. The number of nitrogens with zero attached hydrogens (tertiary/aromatic N) is 2. The first-order valence-electron chi connectivity index (χ1n) is 8.91. The van der Waals surface area contributed by atoms with Gasteiger partial charge in [-0.15, -0.1) is 0 Å². The summed E-state index contributed by atoms with van der Waals surface area (Å²) >= 11 is 0. The molecule has 0 bridgehead atoms. The van der Waals surface area contributed by atoms with Gasteiger partial charge in [-0.25, -0.2) is 0 Å². The first-order chi connectivity index (χ1) is 10.9. The molecule has 1 atom stereocenters. The molecule has 1 aromatic heterocycles. The van der Waals surface area contributed by atoms with Crippen molar-refractivity contribution in [3.63, 3.8) is 0 Å². The molecular weight excluding hydrogens is 290 g/mol. The van der Waals surface area contributed by atoms with Crippen LogP contribution in [0.5, 0.6) is 0 Å². The second kappa shape index (κ2) is 9.06. The Kier molecular flexibility index (Phi) is 7.76. The Balaban J connectivity index is 2.78. The number of amides is 1. The van der Waals surface area contributed by atoms with Crippen LogP contribution in [0.25, 0.3) is 0 Å². The molecule has 1 heterocycles. The minimum Gasteiger partial charge on any atom is -0.360 e. The number of aryl methyl sites for hydroxylation is 1. The van der Waals surface area contributed by atoms with Crippen LogP contribution in [0.3, 0.4) is 0 Å². The highest BCUT2D eigenvalue weighted by Crippen LogP contribution is 2.20. The van der Waals surface area contributed by atoms with E-state index in [1.807, 2.05) is 13.8 Å². The van der Waals surface area contributed by atoms with E-state index in [-0.39, 0.29) is 11.4 Å². The van der Waals surface area contributed by atoms with Gasteiger partial charge in [0, 0.05) is 24.1 Å². The van der Waals surface area contributed by atoms with Crippen molar-refractivity contribution in [1.82, 2.24) is 15.4 Å². The van der Waals surface area contributed by atoms with E-state index in [0.29, 0.717) is 12.2 Å². The Morgan fingerprint density at radius 3 is 2.26 bits per heavy atom. The monoisotopic (exact) mass is 323 g/mol. The van der Waals surface area contributed by atoms with Gasteiger partial charge in [0.05, 0.1) is 0 Å². The van der Waals surface area contributed by atoms with Gasteiger partial charge in [0.1, 0.15) is 5.76 Å². The molecular formula is C18H33N3O2. The van der Waals surface area contributed by atoms with E-state index in [1.54, 1.807) is 0 Å². The molecule has 1 rings (SSSR count). The molecule has 0 spiro atoms. The van der Waals surface area contributed by atoms with Gasteiger partial charge in [-0.3, -0.25) is 9.69 Å². The van der Waals surface area contributed by atoms with Gasteiger partial charge < -0.3 is 9.84 Å². The van der Waals surface area contributed by atoms with Gasteiger partial charge in [0.2, 0.25) is 0 Å². The Labute approximate surface area is 140 Å². The average Bonchev–Trinajstić information content (AvgIpc) is 2.93. The Bertz CT molecular complexity index is 492. The summed E-state index contributed by atoms with van der Waals surface area (Å²) in [5.41, 5.74) is 1.23. The Morgan fingerprint density at radius 2 is 1.83 bits per heavy atom. The maximum Gasteiger partial charge on any atom is 0.273 e. The zero-order chi connectivity index (χ0) is 17.5. The average molecular weight is 323 g/mol. The van der Waals surface area contributed by atoms with Crippen LogP contribution in [-0.4, -0.2) is 41.1 Å². The van der Waals surface area contributed by atoms with Crippen LogP contribution in [0, 0.1) is 6.92 Å². The molecule has 0 radical (unpaired) electrons. The molecule has 0 aliphatic heterocycles. The zero-order valence-corrected chi connectivity index (χ0v) is 15.7. The number of rotatable bonds is 10. The first kappa shape index (κ1) is 19.7. The summed E-state index contributed by atoms with van der Waals surface area (Å²) in [5.74, 6) is 0.644. The molecule has 23 heavy (non-hydrogen) atoms. The molecule has 5 heteroatoms. The third-order valence-corrected chi connectivity index (χ3v) is 4.70. The normalized spacial score (nSPS) is 14.0. The molecule has 1 unspecified atom stereocenters. The fourth-order valence-electron chi connectivity index (χ4n) is 2.92. The minimum atomic E-state index is -0.140. The van der Waals surface area contributed by atoms with Gasteiger partial charge in [0.15, 0.2) is 5.69 Å². The largest absolute Gasteiger partial charge is 0.360 e. The molecule has 1 amide bonds. The lowest BCUT2D eigenvalue weighted by Crippen LogP contribution is -2.54. The Hall–Kier alpha value is -1.36. The van der Waals surface area contributed by atoms with Gasteiger partial charge in [-0.1, -0.05) is 32.9 Å². The van der Waals surface area contributed by atoms with Crippen LogP contribution in [-0.2, 0) is 6.42 Å². The van der Waals surface area contributed by atoms with Crippen LogP contribution in [0.4, 0.5) is 0 Å². The third-order valence-electron chi connectivity index (χ3n) is 4.70. The first-order valence-corrected chi connectivity index (χ1v) is 8.91. The summed E-state index contributed by atoms with van der Waals surface area (Å²) in [5, 5.41) is 6.99. The maximum absolute atomic E-state index is 12.4. The van der Waals surface area contributed by atoms with Crippen molar-refractivity contribution in [1.29, 1.82) is 0 Å². The quantitative estimate of drug-likeness (QED) is 0.715. The molecule has 5 nitrogen and oxygen atoms in total. The predicted octanol–water partition coefficient (Wildman–Crippen LogP) is 3.57. The predicted molar refractivity (Wildman–Crippen MR) is 93.8 cm³/mol. The van der Waals surface area contributed by atoms with E-state index in [9.17, 15) is 4.79 Å². The number of hydrogen-bond donors (Lipinski definition) is 1. The SMILES string of the molecule is CCCN(CCC)C(C)(CC)CNC(=O)c1noc(CC)c1C. The summed E-state index contributed by atoms with van der Waals surface area (Å²) in [6.07, 6.45) is 3.97. The third kappa shape index (κ3) is 4.80. The highest BCUT2D eigenvalue weighted by Gasteiger charge is 2.30. The summed E-state index contributed by atoms with van der Waals surface area (Å²) in [7, 11) is 0. The lowest BCUT2D eigenvalue weighted by molar-refractivity contribution is 0.0794. The smallest absolute Gasteiger partial charge is 0.273 e. The molecule has 0 aliphatic carbocycles. The van der Waals surface area contributed by atoms with E-state index in [1.165, 1.54) is 0 Å². The van der Waals surface area contributed by atoms with Gasteiger partial charge >= 0.3 is 0 Å². The molecule has 1 aromatic rings. The number of aromatic nitrogens is 1. The van der Waals surface area contributed by atoms with Crippen molar-refractivity contribution in [2.24, 2.45) is 0 Å². The van der Waals surface area contributed by atoms with E-state index >= 15 is 0 Å². The summed E-state index contributed by atoms with van der Waals surface area (Å²) in [6.45, 7) is 15.4. The number of hydrogen-bond acceptors (Lipinski definition) is 4. The summed E-state index contributed by atoms with van der Waals surface area (Å²) in [4.78, 5) is 14.9. The van der Waals surface area contributed by atoms with Crippen LogP contribution < -0.4 is 5.32 Å². The van der Waals surface area contributed by atoms with Crippen LogP contribution in [0.1, 0.15) is 75.7 Å². The topological polar surface area (TPSA) is 58.4 Å². The molecule has 0 aliphatic rings. The van der Waals surface area contributed by atoms with E-state index in [2.05, 4.69) is 43.1 Å². The highest BCUT2D eigenvalue weighted by molar-refractivity contribution is 5.93. The maximum atomic E-state index is 12.4. The standard InChI is InChI=1S/C18H33N3O2/c1-7-11-21(12-8-2)18(6,10-4)13-19-17(22)16-14(5)15(9-3)23-20-16/h7-13H2,1-6H3,(H,19,22). The van der Waals surface area contributed by atoms with Crippen molar-refractivity contribution < 1.29 is 9.32 Å². The van der Waals surface area contributed by atoms with E-state index in [4.69, 9.17) is 4.52 Å². The van der Waals surface area contributed by atoms with Crippen molar-refractivity contribution in [2.75, 3.05) is 19.6 Å². The molecule has 0 fully saturated rings. The van der Waals surface area contributed by atoms with Crippen LogP contribution in [0.15, 0.2) is 4.52 Å². The van der Waals surface area contributed by atoms with E-state index in [0.717, 1.165) is 50.1 Å². The fourth-order valence-corrected chi connectivity index (χ4v) is 2.92. The van der Waals surface area contributed by atoms with E-state index < -0.39 is 0 Å². The minimum absolute atomic E-state index is 0.0348. The number of carbonyl (C=O) groups is 1. The molecule has 1 N–H and O–H groups in total. The second-order valence-electron chi connectivity index (χ2n) is 6.45. The van der Waals surface area contributed by atoms with Crippen molar-refractivity contribution in [3.8, 4) is 0 Å². The van der Waals surface area contributed by atoms with Gasteiger partial charge in [0.25, 0.3) is 5.91 Å². The van der Waals surface area contributed by atoms with Crippen molar-refractivity contribution in [2.45, 2.75) is 72.8 Å². The molecule has 0 saturated carbocycles. The number of nitrogens with one attached hydrogen (secondary N) is 1. The summed E-state index contributed by atoms with van der Waals surface area (Å²) < 4.78 is 5.23. The lowest BCUT2D eigenvalue weighted by atomic mass is 9.95. The zero-order valence-electron chi connectivity index (χ0n) is 15.7.